The maximum absolute atomic E-state index is 12.4. The van der Waals surface area contributed by atoms with Crippen molar-refractivity contribution in [3.05, 3.63) is 23.2 Å². The molecule has 1 N–H and O–H groups in total. The minimum Gasteiger partial charge on any atom is -0.492 e. The molecule has 0 spiro atoms. The first-order chi connectivity index (χ1) is 10.5. The lowest BCUT2D eigenvalue weighted by molar-refractivity contribution is -0.136. The normalized spacial score (nSPS) is 13.5. The molecule has 0 saturated heterocycles. The third-order valence-electron chi connectivity index (χ3n) is 3.59. The Morgan fingerprint density at radius 2 is 2.05 bits per heavy atom. The van der Waals surface area contributed by atoms with Gasteiger partial charge in [-0.2, -0.15) is 0 Å². The summed E-state index contributed by atoms with van der Waals surface area (Å²) in [6.07, 6.45) is 3.54. The summed E-state index contributed by atoms with van der Waals surface area (Å²) in [5.41, 5.74) is -0.196. The van der Waals surface area contributed by atoms with Gasteiger partial charge in [0, 0.05) is 12.8 Å². The van der Waals surface area contributed by atoms with Gasteiger partial charge in [-0.3, -0.25) is 4.79 Å². The van der Waals surface area contributed by atoms with Crippen LogP contribution in [0.4, 0.5) is 5.69 Å². The number of methoxy groups -OCH3 is 1. The highest BCUT2D eigenvalue weighted by Crippen LogP contribution is 2.29. The quantitative estimate of drug-likeness (QED) is 0.717. The van der Waals surface area contributed by atoms with E-state index in [4.69, 9.17) is 21.1 Å². The number of amides is 1. The number of hydrogen-bond donors (Lipinski definition) is 1. The number of unbranched alkanes of at least 4 members (excludes halogenated alkanes) is 1. The first-order valence-corrected chi connectivity index (χ1v) is 8.13. The van der Waals surface area contributed by atoms with E-state index in [2.05, 4.69) is 12.2 Å². The molecule has 0 bridgehead atoms. The summed E-state index contributed by atoms with van der Waals surface area (Å²) in [5, 5.41) is 3.35. The van der Waals surface area contributed by atoms with Gasteiger partial charge in [-0.15, -0.1) is 0 Å². The summed E-state index contributed by atoms with van der Waals surface area (Å²) in [6, 6.07) is 5.24. The number of anilines is 1. The second-order valence-corrected chi connectivity index (χ2v) is 5.89. The fourth-order valence-corrected chi connectivity index (χ4v) is 2.23. The average molecular weight is 328 g/mol. The number of halogens is 1. The van der Waals surface area contributed by atoms with Crippen LogP contribution in [-0.2, 0) is 9.53 Å². The van der Waals surface area contributed by atoms with E-state index >= 15 is 0 Å². The zero-order valence-electron chi connectivity index (χ0n) is 13.9. The molecule has 0 saturated carbocycles. The molecule has 0 aliphatic carbocycles. The van der Waals surface area contributed by atoms with Crippen molar-refractivity contribution in [1.29, 1.82) is 0 Å². The van der Waals surface area contributed by atoms with Gasteiger partial charge in [-0.25, -0.2) is 0 Å². The maximum atomic E-state index is 12.4. The molecule has 22 heavy (non-hydrogen) atoms. The van der Waals surface area contributed by atoms with Crippen LogP contribution in [0.15, 0.2) is 18.2 Å². The molecule has 0 unspecified atom stereocenters. The fraction of sp³-hybridized carbons (Fsp3) is 0.588. The number of rotatable bonds is 9. The van der Waals surface area contributed by atoms with Gasteiger partial charge in [-0.05, 0) is 38.0 Å². The highest BCUT2D eigenvalue weighted by molar-refractivity contribution is 6.32. The lowest BCUT2D eigenvalue weighted by Crippen LogP contribution is -2.41. The summed E-state index contributed by atoms with van der Waals surface area (Å²) in [6.45, 7) is 6.54. The summed E-state index contributed by atoms with van der Waals surface area (Å²) >= 11 is 6.17. The van der Waals surface area contributed by atoms with Crippen LogP contribution < -0.4 is 10.1 Å². The molecule has 0 fully saturated rings. The van der Waals surface area contributed by atoms with E-state index in [1.165, 1.54) is 0 Å². The van der Waals surface area contributed by atoms with E-state index in [9.17, 15) is 4.79 Å². The molecule has 0 aliphatic heterocycles. The fourth-order valence-electron chi connectivity index (χ4n) is 1.99. The minimum absolute atomic E-state index is 0.165. The molecule has 1 aromatic rings. The minimum atomic E-state index is -0.833. The van der Waals surface area contributed by atoms with Crippen molar-refractivity contribution in [3.63, 3.8) is 0 Å². The average Bonchev–Trinajstić information content (AvgIpc) is 2.51. The van der Waals surface area contributed by atoms with Gasteiger partial charge in [0.15, 0.2) is 0 Å². The van der Waals surface area contributed by atoms with Crippen molar-refractivity contribution in [1.82, 2.24) is 0 Å². The monoisotopic (exact) mass is 327 g/mol. The predicted molar refractivity (Wildman–Crippen MR) is 90.8 cm³/mol. The van der Waals surface area contributed by atoms with Gasteiger partial charge in [0.05, 0.1) is 11.6 Å². The molecule has 0 aliphatic rings. The molecule has 1 amide bonds. The van der Waals surface area contributed by atoms with Gasteiger partial charge in [0.25, 0.3) is 5.91 Å². The van der Waals surface area contributed by atoms with Gasteiger partial charge in [0.2, 0.25) is 0 Å². The van der Waals surface area contributed by atoms with Crippen molar-refractivity contribution in [3.8, 4) is 5.75 Å². The summed E-state index contributed by atoms with van der Waals surface area (Å²) in [4.78, 5) is 12.4. The van der Waals surface area contributed by atoms with E-state index in [0.717, 1.165) is 19.3 Å². The Balaban J connectivity index is 2.76. The second kappa shape index (κ2) is 9.01. The van der Waals surface area contributed by atoms with E-state index in [1.807, 2.05) is 6.92 Å². The van der Waals surface area contributed by atoms with Crippen LogP contribution in [0.5, 0.6) is 5.75 Å². The molecular weight excluding hydrogens is 302 g/mol. The molecule has 5 heteroatoms. The number of hydrogen-bond acceptors (Lipinski definition) is 3. The van der Waals surface area contributed by atoms with Crippen LogP contribution in [0.3, 0.4) is 0 Å². The standard InChI is InChI=1S/C17H26ClNO3/c1-5-7-10-17(3,21-4)16(20)19-13-8-9-15(14(18)12-13)22-11-6-2/h8-9,12H,5-7,10-11H2,1-4H3,(H,19,20)/t17-/m0/s1. The Morgan fingerprint density at radius 1 is 1.32 bits per heavy atom. The summed E-state index contributed by atoms with van der Waals surface area (Å²) < 4.78 is 10.9. The zero-order chi connectivity index (χ0) is 16.6. The lowest BCUT2D eigenvalue weighted by Gasteiger charge is -2.26. The number of ether oxygens (including phenoxy) is 2. The molecule has 1 aromatic carbocycles. The molecule has 0 aromatic heterocycles. The first-order valence-electron chi connectivity index (χ1n) is 7.75. The molecule has 1 rings (SSSR count). The Bertz CT molecular complexity index is 493. The molecule has 124 valence electrons. The van der Waals surface area contributed by atoms with Gasteiger partial charge >= 0.3 is 0 Å². The third-order valence-corrected chi connectivity index (χ3v) is 3.89. The Morgan fingerprint density at radius 3 is 2.59 bits per heavy atom. The Kier molecular flexibility index (Phi) is 7.69. The molecular formula is C17H26ClNO3. The van der Waals surface area contributed by atoms with E-state index in [0.29, 0.717) is 29.5 Å². The summed E-state index contributed by atoms with van der Waals surface area (Å²) in [5.74, 6) is 0.462. The van der Waals surface area contributed by atoms with Crippen LogP contribution >= 0.6 is 11.6 Å². The summed E-state index contributed by atoms with van der Waals surface area (Å²) in [7, 11) is 1.56. The van der Waals surface area contributed by atoms with Crippen LogP contribution in [0, 0.1) is 0 Å². The van der Waals surface area contributed by atoms with Crippen LogP contribution in [0.25, 0.3) is 0 Å². The van der Waals surface area contributed by atoms with Gasteiger partial charge in [0.1, 0.15) is 11.4 Å². The SMILES string of the molecule is CCCC[C@](C)(OC)C(=O)Nc1ccc(OCCC)c(Cl)c1. The van der Waals surface area contributed by atoms with Crippen LogP contribution in [0.2, 0.25) is 5.02 Å². The van der Waals surface area contributed by atoms with Crippen molar-refractivity contribution in [2.24, 2.45) is 0 Å². The molecule has 1 atom stereocenters. The van der Waals surface area contributed by atoms with Crippen molar-refractivity contribution < 1.29 is 14.3 Å². The predicted octanol–water partition coefficient (Wildman–Crippen LogP) is 4.66. The van der Waals surface area contributed by atoms with Crippen LogP contribution in [-0.4, -0.2) is 25.2 Å². The largest absolute Gasteiger partial charge is 0.492 e. The van der Waals surface area contributed by atoms with Crippen molar-refractivity contribution >= 4 is 23.2 Å². The molecule has 0 heterocycles. The number of carbonyl (C=O) groups excluding carboxylic acids is 1. The third kappa shape index (κ3) is 5.18. The lowest BCUT2D eigenvalue weighted by atomic mass is 9.97. The van der Waals surface area contributed by atoms with E-state index < -0.39 is 5.60 Å². The van der Waals surface area contributed by atoms with Crippen molar-refractivity contribution in [2.45, 2.75) is 52.1 Å². The zero-order valence-corrected chi connectivity index (χ0v) is 14.6. The van der Waals surface area contributed by atoms with Gasteiger partial charge in [-0.1, -0.05) is 38.3 Å². The number of nitrogens with one attached hydrogen (secondary N) is 1. The van der Waals surface area contributed by atoms with Gasteiger partial charge < -0.3 is 14.8 Å². The van der Waals surface area contributed by atoms with Crippen LogP contribution in [0.1, 0.15) is 46.5 Å². The van der Waals surface area contributed by atoms with Crippen molar-refractivity contribution in [2.75, 3.05) is 19.0 Å². The first kappa shape index (κ1) is 18.8. The highest BCUT2D eigenvalue weighted by atomic mass is 35.5. The topological polar surface area (TPSA) is 47.6 Å². The maximum Gasteiger partial charge on any atom is 0.256 e. The van der Waals surface area contributed by atoms with E-state index in [1.54, 1.807) is 32.2 Å². The van der Waals surface area contributed by atoms with E-state index in [-0.39, 0.29) is 5.91 Å². The highest BCUT2D eigenvalue weighted by Gasteiger charge is 2.32. The number of carbonyl (C=O) groups is 1. The number of benzene rings is 1. The second-order valence-electron chi connectivity index (χ2n) is 5.49. The Labute approximate surface area is 138 Å². The smallest absolute Gasteiger partial charge is 0.256 e. The molecule has 0 radical (unpaired) electrons. The Hall–Kier alpha value is -1.26. The molecule has 4 nitrogen and oxygen atoms in total.